The lowest BCUT2D eigenvalue weighted by molar-refractivity contribution is 0.102. The van der Waals surface area contributed by atoms with Crippen LogP contribution in [0.4, 0.5) is 11.4 Å². The molecule has 0 unspecified atom stereocenters. The number of anilines is 2. The van der Waals surface area contributed by atoms with Crippen LogP contribution in [0.25, 0.3) is 0 Å². The Kier molecular flexibility index (Phi) is 6.67. The smallest absolute Gasteiger partial charge is 0.255 e. The van der Waals surface area contributed by atoms with Crippen molar-refractivity contribution in [3.8, 4) is 0 Å². The van der Waals surface area contributed by atoms with Gasteiger partial charge in [-0.15, -0.1) is 0 Å². The standard InChI is InChI=1S/C22H28N2O2S/c1-17(2)27(26)21-12-10-18(11-13-21)22(25)23-19-8-7-9-20(16-19)24-14-5-3-4-6-15-24/h7-13,16-17H,3-6,14-15H2,1-2H3,(H,23,25)/t27-/m1/s1. The third-order valence-electron chi connectivity index (χ3n) is 4.85. The van der Waals surface area contributed by atoms with Crippen LogP contribution in [0.1, 0.15) is 49.9 Å². The molecular formula is C22H28N2O2S. The van der Waals surface area contributed by atoms with Gasteiger partial charge >= 0.3 is 0 Å². The third kappa shape index (κ3) is 5.19. The van der Waals surface area contributed by atoms with Crippen molar-refractivity contribution in [2.24, 2.45) is 0 Å². The van der Waals surface area contributed by atoms with E-state index in [9.17, 15) is 9.00 Å². The molecule has 1 fully saturated rings. The molecule has 0 aromatic heterocycles. The monoisotopic (exact) mass is 384 g/mol. The number of carbonyl (C=O) groups excluding carboxylic acids is 1. The molecule has 2 aromatic carbocycles. The second kappa shape index (κ2) is 9.18. The zero-order valence-electron chi connectivity index (χ0n) is 16.1. The van der Waals surface area contributed by atoms with Gasteiger partial charge in [-0.05, 0) is 55.3 Å². The summed E-state index contributed by atoms with van der Waals surface area (Å²) in [4.78, 5) is 15.7. The Balaban J connectivity index is 1.68. The van der Waals surface area contributed by atoms with Crippen LogP contribution < -0.4 is 10.2 Å². The minimum atomic E-state index is -1.04. The maximum Gasteiger partial charge on any atom is 0.255 e. The van der Waals surface area contributed by atoms with E-state index >= 15 is 0 Å². The summed E-state index contributed by atoms with van der Waals surface area (Å²) in [6.07, 6.45) is 5.04. The normalized spacial score (nSPS) is 16.0. The molecule has 3 rings (SSSR count). The van der Waals surface area contributed by atoms with Crippen LogP contribution in [0.2, 0.25) is 0 Å². The lowest BCUT2D eigenvalue weighted by atomic mass is 10.2. The molecule has 0 spiro atoms. The van der Waals surface area contributed by atoms with E-state index in [0.29, 0.717) is 5.56 Å². The fourth-order valence-corrected chi connectivity index (χ4v) is 4.27. The summed E-state index contributed by atoms with van der Waals surface area (Å²) in [5.74, 6) is -0.148. The number of nitrogens with zero attached hydrogens (tertiary/aromatic N) is 1. The fraction of sp³-hybridized carbons (Fsp3) is 0.409. The van der Waals surface area contributed by atoms with Crippen molar-refractivity contribution in [3.05, 3.63) is 54.1 Å². The van der Waals surface area contributed by atoms with Crippen molar-refractivity contribution in [3.63, 3.8) is 0 Å². The maximum atomic E-state index is 12.6. The van der Waals surface area contributed by atoms with Gasteiger partial charge in [0.15, 0.2) is 0 Å². The zero-order valence-corrected chi connectivity index (χ0v) is 16.9. The molecule has 1 amide bonds. The van der Waals surface area contributed by atoms with Crippen LogP contribution in [0.5, 0.6) is 0 Å². The minimum Gasteiger partial charge on any atom is -0.371 e. The van der Waals surface area contributed by atoms with Gasteiger partial charge in [-0.1, -0.05) is 32.8 Å². The molecule has 0 saturated carbocycles. The van der Waals surface area contributed by atoms with Gasteiger partial charge in [0, 0.05) is 40.2 Å². The third-order valence-corrected chi connectivity index (χ3v) is 6.45. The van der Waals surface area contributed by atoms with Crippen LogP contribution in [0.15, 0.2) is 53.4 Å². The van der Waals surface area contributed by atoms with Crippen molar-refractivity contribution in [1.29, 1.82) is 0 Å². The zero-order chi connectivity index (χ0) is 19.2. The number of hydrogen-bond donors (Lipinski definition) is 1. The summed E-state index contributed by atoms with van der Waals surface area (Å²) in [7, 11) is -1.04. The summed E-state index contributed by atoms with van der Waals surface area (Å²) >= 11 is 0. The van der Waals surface area contributed by atoms with Gasteiger partial charge in [0.1, 0.15) is 0 Å². The molecule has 2 aromatic rings. The van der Waals surface area contributed by atoms with E-state index in [2.05, 4.69) is 16.3 Å². The molecule has 144 valence electrons. The summed E-state index contributed by atoms with van der Waals surface area (Å²) in [6.45, 7) is 6.00. The molecule has 0 radical (unpaired) electrons. The van der Waals surface area contributed by atoms with Crippen molar-refractivity contribution < 1.29 is 9.00 Å². The number of benzene rings is 2. The second-order valence-electron chi connectivity index (χ2n) is 7.28. The Morgan fingerprint density at radius 1 is 1.00 bits per heavy atom. The molecule has 0 aliphatic carbocycles. The van der Waals surface area contributed by atoms with Gasteiger partial charge in [0.2, 0.25) is 0 Å². The molecule has 0 bridgehead atoms. The molecule has 1 N–H and O–H groups in total. The lowest BCUT2D eigenvalue weighted by Gasteiger charge is -2.23. The number of nitrogens with one attached hydrogen (secondary N) is 1. The molecule has 1 atom stereocenters. The number of amides is 1. The van der Waals surface area contributed by atoms with E-state index < -0.39 is 10.8 Å². The van der Waals surface area contributed by atoms with Crippen LogP contribution in [0, 0.1) is 0 Å². The first-order valence-electron chi connectivity index (χ1n) is 9.71. The predicted molar refractivity (Wildman–Crippen MR) is 113 cm³/mol. The molecular weight excluding hydrogens is 356 g/mol. The quantitative estimate of drug-likeness (QED) is 0.803. The number of rotatable bonds is 5. The number of hydrogen-bond acceptors (Lipinski definition) is 3. The van der Waals surface area contributed by atoms with Gasteiger partial charge in [-0.2, -0.15) is 0 Å². The summed E-state index contributed by atoms with van der Waals surface area (Å²) in [5.41, 5.74) is 2.54. The number of carbonyl (C=O) groups is 1. The van der Waals surface area contributed by atoms with Crippen molar-refractivity contribution in [2.75, 3.05) is 23.3 Å². The van der Waals surface area contributed by atoms with Gasteiger partial charge in [-0.3, -0.25) is 9.00 Å². The van der Waals surface area contributed by atoms with E-state index in [4.69, 9.17) is 0 Å². The van der Waals surface area contributed by atoms with Crippen LogP contribution in [0.3, 0.4) is 0 Å². The molecule has 1 saturated heterocycles. The predicted octanol–water partition coefficient (Wildman–Crippen LogP) is 4.84. The molecule has 1 heterocycles. The maximum absolute atomic E-state index is 12.6. The van der Waals surface area contributed by atoms with E-state index in [-0.39, 0.29) is 11.2 Å². The van der Waals surface area contributed by atoms with Gasteiger partial charge in [-0.25, -0.2) is 0 Å². The largest absolute Gasteiger partial charge is 0.371 e. The highest BCUT2D eigenvalue weighted by atomic mass is 32.2. The van der Waals surface area contributed by atoms with Crippen molar-refractivity contribution >= 4 is 28.1 Å². The van der Waals surface area contributed by atoms with Gasteiger partial charge in [0.25, 0.3) is 5.91 Å². The first-order valence-corrected chi connectivity index (χ1v) is 10.9. The van der Waals surface area contributed by atoms with Gasteiger partial charge < -0.3 is 10.2 Å². The van der Waals surface area contributed by atoms with Crippen molar-refractivity contribution in [2.45, 2.75) is 49.7 Å². The first-order chi connectivity index (χ1) is 13.0. The second-order valence-corrected chi connectivity index (χ2v) is 9.29. The minimum absolute atomic E-state index is 0.0615. The average molecular weight is 385 g/mol. The first kappa shape index (κ1) is 19.6. The summed E-state index contributed by atoms with van der Waals surface area (Å²) < 4.78 is 12.1. The fourth-order valence-electron chi connectivity index (χ4n) is 3.33. The summed E-state index contributed by atoms with van der Waals surface area (Å²) in [5, 5.41) is 3.04. The van der Waals surface area contributed by atoms with Crippen molar-refractivity contribution in [1.82, 2.24) is 0 Å². The van der Waals surface area contributed by atoms with E-state index in [1.807, 2.05) is 32.0 Å². The SMILES string of the molecule is CC(C)[S@@](=O)c1ccc(C(=O)Nc2cccc(N3CCCCCC3)c2)cc1. The lowest BCUT2D eigenvalue weighted by Crippen LogP contribution is -2.24. The Morgan fingerprint density at radius 3 is 2.30 bits per heavy atom. The molecule has 1 aliphatic rings. The topological polar surface area (TPSA) is 49.4 Å². The Labute approximate surface area is 164 Å². The van der Waals surface area contributed by atoms with Crippen LogP contribution in [-0.4, -0.2) is 28.5 Å². The van der Waals surface area contributed by atoms with Gasteiger partial charge in [0.05, 0.1) is 10.8 Å². The van der Waals surface area contributed by atoms with Crippen LogP contribution in [-0.2, 0) is 10.8 Å². The van der Waals surface area contributed by atoms with E-state index in [0.717, 1.165) is 29.4 Å². The Bertz CT molecular complexity index is 794. The molecule has 4 nitrogen and oxygen atoms in total. The molecule has 5 heteroatoms. The Hall–Kier alpha value is -2.14. The summed E-state index contributed by atoms with van der Waals surface area (Å²) in [6, 6.07) is 15.1. The molecule has 27 heavy (non-hydrogen) atoms. The highest BCUT2D eigenvalue weighted by Gasteiger charge is 2.13. The Morgan fingerprint density at radius 2 is 1.67 bits per heavy atom. The highest BCUT2D eigenvalue weighted by Crippen LogP contribution is 2.23. The average Bonchev–Trinajstić information content (AvgIpc) is 2.97. The van der Waals surface area contributed by atoms with E-state index in [1.54, 1.807) is 24.3 Å². The highest BCUT2D eigenvalue weighted by molar-refractivity contribution is 7.85. The van der Waals surface area contributed by atoms with E-state index in [1.165, 1.54) is 25.7 Å². The van der Waals surface area contributed by atoms with Crippen LogP contribution >= 0.6 is 0 Å². The molecule has 1 aliphatic heterocycles.